The monoisotopic (exact) mass is 284 g/mol. The molecule has 0 amide bonds. The van der Waals surface area contributed by atoms with Crippen LogP contribution in [-0.4, -0.2) is 52.1 Å². The Morgan fingerprint density at radius 2 is 1.85 bits per heavy atom. The van der Waals surface area contributed by atoms with E-state index in [2.05, 4.69) is 10.6 Å². The third kappa shape index (κ3) is 5.32. The molecule has 0 spiro atoms. The van der Waals surface area contributed by atoms with E-state index in [1.807, 2.05) is 0 Å². The van der Waals surface area contributed by atoms with E-state index in [9.17, 15) is 0 Å². The molecule has 0 aromatic carbocycles. The molecule has 1 saturated heterocycles. The van der Waals surface area contributed by atoms with Crippen molar-refractivity contribution >= 4 is 0 Å². The van der Waals surface area contributed by atoms with Crippen molar-refractivity contribution in [3.8, 4) is 0 Å². The van der Waals surface area contributed by atoms with Crippen molar-refractivity contribution in [2.24, 2.45) is 5.92 Å². The van der Waals surface area contributed by atoms with Crippen LogP contribution in [0.5, 0.6) is 0 Å². The summed E-state index contributed by atoms with van der Waals surface area (Å²) in [6.07, 6.45) is 9.64. The van der Waals surface area contributed by atoms with Crippen LogP contribution in [0.25, 0.3) is 0 Å². The zero-order valence-corrected chi connectivity index (χ0v) is 13.0. The van der Waals surface area contributed by atoms with Crippen LogP contribution in [0.3, 0.4) is 0 Å². The number of nitrogens with one attached hydrogen (secondary N) is 2. The number of piperidine rings is 1. The average molecular weight is 284 g/mol. The molecule has 1 aliphatic heterocycles. The molecule has 3 unspecified atom stereocenters. The van der Waals surface area contributed by atoms with Crippen molar-refractivity contribution in [3.05, 3.63) is 0 Å². The topological polar surface area (TPSA) is 42.5 Å². The molecule has 4 heteroatoms. The average Bonchev–Trinajstić information content (AvgIpc) is 2.52. The van der Waals surface area contributed by atoms with Gasteiger partial charge in [0, 0.05) is 25.7 Å². The number of ether oxygens (including phenoxy) is 2. The van der Waals surface area contributed by atoms with Gasteiger partial charge in [-0.1, -0.05) is 19.3 Å². The molecule has 1 aliphatic carbocycles. The van der Waals surface area contributed by atoms with E-state index < -0.39 is 0 Å². The molecule has 2 rings (SSSR count). The molecule has 2 fully saturated rings. The van der Waals surface area contributed by atoms with Crippen LogP contribution in [0.15, 0.2) is 0 Å². The smallest absolute Gasteiger partial charge is 0.0700 e. The Bertz CT molecular complexity index is 245. The lowest BCUT2D eigenvalue weighted by Crippen LogP contribution is -2.51. The van der Waals surface area contributed by atoms with Crippen molar-refractivity contribution in [2.75, 3.05) is 40.0 Å². The molecule has 1 heterocycles. The molecule has 0 aromatic rings. The fourth-order valence-corrected chi connectivity index (χ4v) is 3.70. The van der Waals surface area contributed by atoms with Crippen LogP contribution in [0.1, 0.15) is 44.9 Å². The molecule has 4 nitrogen and oxygen atoms in total. The van der Waals surface area contributed by atoms with Gasteiger partial charge in [-0.15, -0.1) is 0 Å². The van der Waals surface area contributed by atoms with Gasteiger partial charge in [-0.3, -0.25) is 0 Å². The predicted molar refractivity (Wildman–Crippen MR) is 82.1 cm³/mol. The first-order valence-electron chi connectivity index (χ1n) is 8.45. The van der Waals surface area contributed by atoms with Crippen LogP contribution in [-0.2, 0) is 9.47 Å². The second-order valence-corrected chi connectivity index (χ2v) is 6.17. The minimum absolute atomic E-state index is 0.686. The van der Waals surface area contributed by atoms with Gasteiger partial charge in [0.1, 0.15) is 0 Å². The molecule has 20 heavy (non-hydrogen) atoms. The van der Waals surface area contributed by atoms with E-state index in [-0.39, 0.29) is 0 Å². The van der Waals surface area contributed by atoms with Crippen LogP contribution < -0.4 is 10.6 Å². The zero-order valence-electron chi connectivity index (χ0n) is 13.0. The minimum atomic E-state index is 0.686. The highest BCUT2D eigenvalue weighted by atomic mass is 16.5. The Morgan fingerprint density at radius 3 is 2.65 bits per heavy atom. The summed E-state index contributed by atoms with van der Waals surface area (Å²) in [5, 5.41) is 7.49. The molecular weight excluding hydrogens is 252 g/mol. The van der Waals surface area contributed by atoms with Crippen molar-refractivity contribution in [1.82, 2.24) is 10.6 Å². The van der Waals surface area contributed by atoms with E-state index in [4.69, 9.17) is 9.47 Å². The molecule has 2 N–H and O–H groups in total. The third-order valence-corrected chi connectivity index (χ3v) is 4.77. The maximum Gasteiger partial charge on any atom is 0.0700 e. The molecule has 3 atom stereocenters. The highest BCUT2D eigenvalue weighted by Crippen LogP contribution is 2.30. The minimum Gasteiger partial charge on any atom is -0.382 e. The first-order valence-corrected chi connectivity index (χ1v) is 8.45. The largest absolute Gasteiger partial charge is 0.382 e. The van der Waals surface area contributed by atoms with Gasteiger partial charge < -0.3 is 20.1 Å². The normalized spacial score (nSPS) is 31.4. The first-order chi connectivity index (χ1) is 9.92. The van der Waals surface area contributed by atoms with E-state index in [1.165, 1.54) is 51.5 Å². The SMILES string of the molecule is COCCOCCNC1CCCCC1C1CCCCN1. The maximum absolute atomic E-state index is 5.54. The number of hydrogen-bond acceptors (Lipinski definition) is 4. The van der Waals surface area contributed by atoms with Gasteiger partial charge in [-0.05, 0) is 38.1 Å². The van der Waals surface area contributed by atoms with Crippen molar-refractivity contribution < 1.29 is 9.47 Å². The van der Waals surface area contributed by atoms with Gasteiger partial charge in [-0.25, -0.2) is 0 Å². The lowest BCUT2D eigenvalue weighted by molar-refractivity contribution is 0.0682. The second-order valence-electron chi connectivity index (χ2n) is 6.17. The Morgan fingerprint density at radius 1 is 1.00 bits per heavy atom. The number of rotatable bonds is 8. The summed E-state index contributed by atoms with van der Waals surface area (Å²) in [7, 11) is 1.71. The first kappa shape index (κ1) is 16.2. The highest BCUT2D eigenvalue weighted by molar-refractivity contribution is 4.90. The summed E-state index contributed by atoms with van der Waals surface area (Å²) in [4.78, 5) is 0. The second kappa shape index (κ2) is 9.72. The van der Waals surface area contributed by atoms with Gasteiger partial charge >= 0.3 is 0 Å². The van der Waals surface area contributed by atoms with E-state index >= 15 is 0 Å². The lowest BCUT2D eigenvalue weighted by Gasteiger charge is -2.40. The molecule has 0 aromatic heterocycles. The Balaban J connectivity index is 1.67. The molecule has 0 bridgehead atoms. The predicted octanol–water partition coefficient (Wildman–Crippen LogP) is 1.94. The summed E-state index contributed by atoms with van der Waals surface area (Å²) in [5.74, 6) is 0.822. The fraction of sp³-hybridized carbons (Fsp3) is 1.00. The van der Waals surface area contributed by atoms with E-state index in [0.717, 1.165) is 25.1 Å². The van der Waals surface area contributed by atoms with Crippen molar-refractivity contribution in [1.29, 1.82) is 0 Å². The van der Waals surface area contributed by atoms with Crippen LogP contribution in [0, 0.1) is 5.92 Å². The summed E-state index contributed by atoms with van der Waals surface area (Å²) in [5.41, 5.74) is 0. The number of methoxy groups -OCH3 is 1. The summed E-state index contributed by atoms with van der Waals surface area (Å²) in [6.45, 7) is 4.38. The van der Waals surface area contributed by atoms with Gasteiger partial charge in [0.05, 0.1) is 19.8 Å². The van der Waals surface area contributed by atoms with Crippen LogP contribution in [0.2, 0.25) is 0 Å². The lowest BCUT2D eigenvalue weighted by atomic mass is 9.77. The van der Waals surface area contributed by atoms with Crippen LogP contribution >= 0.6 is 0 Å². The van der Waals surface area contributed by atoms with Gasteiger partial charge in [0.15, 0.2) is 0 Å². The highest BCUT2D eigenvalue weighted by Gasteiger charge is 2.31. The molecular formula is C16H32N2O2. The van der Waals surface area contributed by atoms with Gasteiger partial charge in [-0.2, -0.15) is 0 Å². The van der Waals surface area contributed by atoms with Crippen molar-refractivity contribution in [2.45, 2.75) is 57.0 Å². The van der Waals surface area contributed by atoms with Gasteiger partial charge in [0.2, 0.25) is 0 Å². The Labute approximate surface area is 124 Å². The van der Waals surface area contributed by atoms with E-state index in [0.29, 0.717) is 19.3 Å². The number of hydrogen-bond donors (Lipinski definition) is 2. The molecule has 0 radical (unpaired) electrons. The third-order valence-electron chi connectivity index (χ3n) is 4.77. The van der Waals surface area contributed by atoms with Gasteiger partial charge in [0.25, 0.3) is 0 Å². The maximum atomic E-state index is 5.54. The van der Waals surface area contributed by atoms with E-state index in [1.54, 1.807) is 7.11 Å². The summed E-state index contributed by atoms with van der Waals surface area (Å²) >= 11 is 0. The fourth-order valence-electron chi connectivity index (χ4n) is 3.70. The zero-order chi connectivity index (χ0) is 14.0. The van der Waals surface area contributed by atoms with Crippen molar-refractivity contribution in [3.63, 3.8) is 0 Å². The molecule has 1 saturated carbocycles. The Kier molecular flexibility index (Phi) is 7.88. The molecule has 2 aliphatic rings. The van der Waals surface area contributed by atoms with Crippen LogP contribution in [0.4, 0.5) is 0 Å². The summed E-state index contributed by atoms with van der Waals surface area (Å²) < 4.78 is 10.5. The quantitative estimate of drug-likeness (QED) is 0.669. The molecule has 118 valence electrons. The standard InChI is InChI=1S/C16H32N2O2/c1-19-12-13-20-11-10-18-16-7-3-2-6-14(16)15-8-4-5-9-17-15/h14-18H,2-13H2,1H3. The Hall–Kier alpha value is -0.160. The summed E-state index contributed by atoms with van der Waals surface area (Å²) in [6, 6.07) is 1.43.